The molecule has 0 amide bonds. The number of aliphatic hydroxyl groups excluding tert-OH is 1. The van der Waals surface area contributed by atoms with Crippen LogP contribution in [-0.4, -0.2) is 22.1 Å². The van der Waals surface area contributed by atoms with Gasteiger partial charge in [0.25, 0.3) is 0 Å². The predicted octanol–water partition coefficient (Wildman–Crippen LogP) is 2.12. The summed E-state index contributed by atoms with van der Waals surface area (Å²) < 4.78 is 25.9. The standard InChI is InChI=1S/C9H10F2O3S/c1-4-3-6(5(2)15-4)7(12)9(10,11)8(13)14/h3,7,12H,1-2H3,(H,13,14). The van der Waals surface area contributed by atoms with Crippen molar-refractivity contribution in [3.63, 3.8) is 0 Å². The van der Waals surface area contributed by atoms with Crippen LogP contribution in [0.4, 0.5) is 8.78 Å². The molecule has 0 radical (unpaired) electrons. The van der Waals surface area contributed by atoms with Gasteiger partial charge in [0, 0.05) is 15.3 Å². The SMILES string of the molecule is Cc1cc(C(O)C(F)(F)C(=O)O)c(C)s1. The third-order valence-electron chi connectivity index (χ3n) is 2.00. The first-order valence-electron chi connectivity index (χ1n) is 4.13. The van der Waals surface area contributed by atoms with Gasteiger partial charge in [0.15, 0.2) is 6.10 Å². The van der Waals surface area contributed by atoms with Crippen LogP contribution in [0.2, 0.25) is 0 Å². The Morgan fingerprint density at radius 1 is 1.53 bits per heavy atom. The Hall–Kier alpha value is -1.01. The van der Waals surface area contributed by atoms with Crippen LogP contribution in [0.5, 0.6) is 0 Å². The van der Waals surface area contributed by atoms with Crippen molar-refractivity contribution >= 4 is 17.3 Å². The van der Waals surface area contributed by atoms with Crippen molar-refractivity contribution in [1.82, 2.24) is 0 Å². The van der Waals surface area contributed by atoms with Crippen LogP contribution < -0.4 is 0 Å². The minimum absolute atomic E-state index is 0.0232. The predicted molar refractivity (Wildman–Crippen MR) is 51.3 cm³/mol. The monoisotopic (exact) mass is 236 g/mol. The minimum atomic E-state index is -4.15. The quantitative estimate of drug-likeness (QED) is 0.845. The summed E-state index contributed by atoms with van der Waals surface area (Å²) in [6.07, 6.45) is -2.29. The van der Waals surface area contributed by atoms with Crippen molar-refractivity contribution in [2.45, 2.75) is 25.9 Å². The second-order valence-electron chi connectivity index (χ2n) is 3.20. The maximum absolute atomic E-state index is 13.0. The highest BCUT2D eigenvalue weighted by Crippen LogP contribution is 2.36. The van der Waals surface area contributed by atoms with E-state index in [9.17, 15) is 18.7 Å². The Bertz CT molecular complexity index is 387. The van der Waals surface area contributed by atoms with Gasteiger partial charge >= 0.3 is 11.9 Å². The molecule has 0 aromatic carbocycles. The maximum Gasteiger partial charge on any atom is 0.377 e. The van der Waals surface area contributed by atoms with Crippen molar-refractivity contribution < 1.29 is 23.8 Å². The van der Waals surface area contributed by atoms with Gasteiger partial charge in [-0.25, -0.2) is 4.79 Å². The molecule has 0 bridgehead atoms. The summed E-state index contributed by atoms with van der Waals surface area (Å²) >= 11 is 1.24. The van der Waals surface area contributed by atoms with E-state index in [1.54, 1.807) is 13.8 Å². The van der Waals surface area contributed by atoms with Gasteiger partial charge in [0.05, 0.1) is 0 Å². The summed E-state index contributed by atoms with van der Waals surface area (Å²) in [4.78, 5) is 11.5. The minimum Gasteiger partial charge on any atom is -0.477 e. The van der Waals surface area contributed by atoms with Crippen LogP contribution in [0.15, 0.2) is 6.07 Å². The summed E-state index contributed by atoms with van der Waals surface area (Å²) in [6.45, 7) is 3.26. The summed E-state index contributed by atoms with van der Waals surface area (Å²) in [5.41, 5.74) is -0.0232. The van der Waals surface area contributed by atoms with E-state index in [0.717, 1.165) is 4.88 Å². The summed E-state index contributed by atoms with van der Waals surface area (Å²) in [5.74, 6) is -6.48. The molecule has 0 aliphatic heterocycles. The average Bonchev–Trinajstić information content (AvgIpc) is 2.43. The van der Waals surface area contributed by atoms with E-state index in [4.69, 9.17) is 5.11 Å². The first kappa shape index (κ1) is 12.1. The number of hydrogen-bond acceptors (Lipinski definition) is 3. The molecule has 0 saturated heterocycles. The van der Waals surface area contributed by atoms with Crippen molar-refractivity contribution in [2.24, 2.45) is 0 Å². The van der Waals surface area contributed by atoms with Crippen molar-refractivity contribution in [1.29, 1.82) is 0 Å². The Kier molecular flexibility index (Phi) is 3.11. The van der Waals surface area contributed by atoms with Gasteiger partial charge in [-0.15, -0.1) is 11.3 Å². The second-order valence-corrected chi connectivity index (χ2v) is 4.66. The third kappa shape index (κ3) is 2.15. The zero-order valence-electron chi connectivity index (χ0n) is 8.12. The maximum atomic E-state index is 13.0. The van der Waals surface area contributed by atoms with Gasteiger partial charge < -0.3 is 10.2 Å². The van der Waals surface area contributed by atoms with Crippen LogP contribution in [-0.2, 0) is 4.79 Å². The number of aryl methyl sites for hydroxylation is 2. The van der Waals surface area contributed by atoms with E-state index in [0.29, 0.717) is 4.88 Å². The normalized spacial score (nSPS) is 13.9. The lowest BCUT2D eigenvalue weighted by Gasteiger charge is -2.18. The molecular weight excluding hydrogens is 226 g/mol. The molecule has 1 heterocycles. The number of thiophene rings is 1. The molecule has 0 aliphatic carbocycles. The van der Waals surface area contributed by atoms with E-state index in [-0.39, 0.29) is 5.56 Å². The smallest absolute Gasteiger partial charge is 0.377 e. The van der Waals surface area contributed by atoms with Gasteiger partial charge in [-0.3, -0.25) is 0 Å². The van der Waals surface area contributed by atoms with Crippen LogP contribution >= 0.6 is 11.3 Å². The molecule has 0 spiro atoms. The number of carboxylic acids is 1. The first-order chi connectivity index (χ1) is 6.76. The molecule has 1 atom stereocenters. The van der Waals surface area contributed by atoms with E-state index < -0.39 is 18.0 Å². The Balaban J connectivity index is 3.09. The largest absolute Gasteiger partial charge is 0.477 e. The lowest BCUT2D eigenvalue weighted by Crippen LogP contribution is -2.35. The second kappa shape index (κ2) is 3.86. The van der Waals surface area contributed by atoms with Gasteiger partial charge in [-0.2, -0.15) is 8.78 Å². The number of alkyl halides is 2. The molecular formula is C9H10F2O3S. The van der Waals surface area contributed by atoms with Crippen molar-refractivity contribution in [2.75, 3.05) is 0 Å². The van der Waals surface area contributed by atoms with Gasteiger partial charge in [0.2, 0.25) is 0 Å². The molecule has 1 aromatic rings. The van der Waals surface area contributed by atoms with Gasteiger partial charge in [-0.1, -0.05) is 0 Å². The molecule has 1 rings (SSSR count). The number of aliphatic hydroxyl groups is 1. The topological polar surface area (TPSA) is 57.5 Å². The van der Waals surface area contributed by atoms with E-state index in [1.807, 2.05) is 0 Å². The lowest BCUT2D eigenvalue weighted by molar-refractivity contribution is -0.182. The van der Waals surface area contributed by atoms with Gasteiger partial charge in [0.1, 0.15) is 0 Å². The molecule has 84 valence electrons. The third-order valence-corrected chi connectivity index (χ3v) is 2.98. The molecule has 0 saturated carbocycles. The fourth-order valence-corrected chi connectivity index (χ4v) is 2.19. The molecule has 6 heteroatoms. The Morgan fingerprint density at radius 3 is 2.40 bits per heavy atom. The number of carboxylic acid groups (broad SMARTS) is 1. The van der Waals surface area contributed by atoms with E-state index in [2.05, 4.69) is 0 Å². The highest BCUT2D eigenvalue weighted by Gasteiger charge is 2.48. The van der Waals surface area contributed by atoms with Gasteiger partial charge in [-0.05, 0) is 19.9 Å². The molecule has 0 aliphatic rings. The van der Waals surface area contributed by atoms with Crippen LogP contribution in [0.3, 0.4) is 0 Å². The number of halogens is 2. The zero-order valence-corrected chi connectivity index (χ0v) is 8.94. The fourth-order valence-electron chi connectivity index (χ4n) is 1.23. The number of rotatable bonds is 3. The number of carbonyl (C=O) groups is 1. The molecule has 1 aromatic heterocycles. The Morgan fingerprint density at radius 2 is 2.07 bits per heavy atom. The number of hydrogen-bond donors (Lipinski definition) is 2. The number of aliphatic carboxylic acids is 1. The van der Waals surface area contributed by atoms with E-state index in [1.165, 1.54) is 17.4 Å². The first-order valence-corrected chi connectivity index (χ1v) is 4.94. The fraction of sp³-hybridized carbons (Fsp3) is 0.444. The lowest BCUT2D eigenvalue weighted by atomic mass is 10.0. The summed E-state index contributed by atoms with van der Waals surface area (Å²) in [7, 11) is 0. The van der Waals surface area contributed by atoms with Crippen molar-refractivity contribution in [3.05, 3.63) is 21.4 Å². The molecule has 2 N–H and O–H groups in total. The molecule has 15 heavy (non-hydrogen) atoms. The summed E-state index contributed by atoms with van der Waals surface area (Å²) in [5, 5.41) is 17.6. The average molecular weight is 236 g/mol. The van der Waals surface area contributed by atoms with Crippen LogP contribution in [0.1, 0.15) is 21.4 Å². The molecule has 0 fully saturated rings. The van der Waals surface area contributed by atoms with E-state index >= 15 is 0 Å². The highest BCUT2D eigenvalue weighted by atomic mass is 32.1. The summed E-state index contributed by atoms with van der Waals surface area (Å²) in [6, 6.07) is 1.38. The molecule has 3 nitrogen and oxygen atoms in total. The van der Waals surface area contributed by atoms with Crippen LogP contribution in [0.25, 0.3) is 0 Å². The van der Waals surface area contributed by atoms with Crippen molar-refractivity contribution in [3.8, 4) is 0 Å². The highest BCUT2D eigenvalue weighted by molar-refractivity contribution is 7.12. The zero-order chi connectivity index (χ0) is 11.8. The van der Waals surface area contributed by atoms with Crippen LogP contribution in [0, 0.1) is 13.8 Å². The molecule has 1 unspecified atom stereocenters. The Labute approximate surface area is 89.0 Å².